The Labute approximate surface area is 175 Å². The second-order valence-corrected chi connectivity index (χ2v) is 8.56. The number of hydrogen-bond acceptors (Lipinski definition) is 5. The molecule has 7 heteroatoms. The summed E-state index contributed by atoms with van der Waals surface area (Å²) in [5.41, 5.74) is 1.50. The third kappa shape index (κ3) is 3.27. The van der Waals surface area contributed by atoms with Crippen molar-refractivity contribution in [3.63, 3.8) is 0 Å². The molecule has 1 saturated carbocycles. The highest BCUT2D eigenvalue weighted by Gasteiger charge is 2.33. The van der Waals surface area contributed by atoms with Crippen LogP contribution in [0.3, 0.4) is 0 Å². The maximum absolute atomic E-state index is 13.5. The number of para-hydroxylation sites is 1. The molecule has 2 fully saturated rings. The molecule has 1 saturated heterocycles. The molecular weight excluding hydrogens is 378 g/mol. The van der Waals surface area contributed by atoms with Crippen LogP contribution in [-0.4, -0.2) is 30.5 Å². The molecule has 0 spiro atoms. The lowest BCUT2D eigenvalue weighted by molar-refractivity contribution is 0.227. The van der Waals surface area contributed by atoms with Gasteiger partial charge in [0.05, 0.1) is 23.3 Å². The van der Waals surface area contributed by atoms with Gasteiger partial charge in [0, 0.05) is 31.4 Å². The summed E-state index contributed by atoms with van der Waals surface area (Å²) in [4.78, 5) is 37.5. The molecule has 156 valence electrons. The first kappa shape index (κ1) is 19.2. The van der Waals surface area contributed by atoms with Crippen molar-refractivity contribution in [1.82, 2.24) is 24.0 Å². The van der Waals surface area contributed by atoms with Crippen molar-refractivity contribution in [1.29, 1.82) is 0 Å². The van der Waals surface area contributed by atoms with Crippen LogP contribution in [0.25, 0.3) is 10.9 Å². The summed E-state index contributed by atoms with van der Waals surface area (Å²) in [7, 11) is 1.73. The quantitative estimate of drug-likeness (QED) is 0.667. The molecule has 1 aromatic carbocycles. The highest BCUT2D eigenvalue weighted by molar-refractivity contribution is 5.77. The Kier molecular flexibility index (Phi) is 4.98. The fraction of sp³-hybridized carbons (Fsp3) is 0.478. The lowest BCUT2D eigenvalue weighted by Gasteiger charge is -2.28. The molecule has 1 aliphatic heterocycles. The summed E-state index contributed by atoms with van der Waals surface area (Å²) in [6.45, 7) is 1.41. The zero-order valence-electron chi connectivity index (χ0n) is 17.3. The maximum atomic E-state index is 13.5. The van der Waals surface area contributed by atoms with Crippen molar-refractivity contribution in [3.8, 4) is 0 Å². The third-order valence-corrected chi connectivity index (χ3v) is 6.63. The smallest absolute Gasteiger partial charge is 0.261 e. The lowest BCUT2D eigenvalue weighted by atomic mass is 10.1. The second kappa shape index (κ2) is 7.80. The largest absolute Gasteiger partial charge is 0.302 e. The molecule has 1 aliphatic carbocycles. The molecule has 0 N–H and O–H groups in total. The van der Waals surface area contributed by atoms with E-state index in [2.05, 4.69) is 9.88 Å². The topological polar surface area (TPSA) is 73.0 Å². The summed E-state index contributed by atoms with van der Waals surface area (Å²) in [5, 5.41) is 0.693. The van der Waals surface area contributed by atoms with Crippen LogP contribution in [0.15, 0.2) is 46.4 Å². The number of nitrogens with zero attached hydrogens (tertiary/aromatic N) is 5. The van der Waals surface area contributed by atoms with Crippen LogP contribution in [-0.2, 0) is 13.6 Å². The van der Waals surface area contributed by atoms with Crippen molar-refractivity contribution in [2.24, 2.45) is 7.05 Å². The molecule has 3 aromatic rings. The average Bonchev–Trinajstić information content (AvgIpc) is 3.43. The number of fused-ring (bicyclic) bond motifs is 1. The van der Waals surface area contributed by atoms with Crippen LogP contribution in [0, 0.1) is 0 Å². The predicted molar refractivity (Wildman–Crippen MR) is 115 cm³/mol. The van der Waals surface area contributed by atoms with Crippen molar-refractivity contribution in [2.75, 3.05) is 6.54 Å². The number of hydrogen-bond donors (Lipinski definition) is 0. The summed E-state index contributed by atoms with van der Waals surface area (Å²) >= 11 is 0. The minimum Gasteiger partial charge on any atom is -0.302 e. The van der Waals surface area contributed by atoms with E-state index in [9.17, 15) is 9.59 Å². The molecule has 5 rings (SSSR count). The van der Waals surface area contributed by atoms with Gasteiger partial charge in [0.15, 0.2) is 0 Å². The van der Waals surface area contributed by atoms with Crippen LogP contribution in [0.1, 0.15) is 62.0 Å². The van der Waals surface area contributed by atoms with E-state index >= 15 is 0 Å². The third-order valence-electron chi connectivity index (χ3n) is 6.63. The molecule has 1 unspecified atom stereocenters. The monoisotopic (exact) mass is 405 g/mol. The summed E-state index contributed by atoms with van der Waals surface area (Å²) in [5.74, 6) is 0.865. The Morgan fingerprint density at radius 1 is 1.03 bits per heavy atom. The molecule has 2 aliphatic rings. The van der Waals surface area contributed by atoms with Gasteiger partial charge in [-0.25, -0.2) is 9.97 Å². The second-order valence-electron chi connectivity index (χ2n) is 8.56. The minimum absolute atomic E-state index is 0.0182. The fourth-order valence-electron chi connectivity index (χ4n) is 5.11. The van der Waals surface area contributed by atoms with E-state index in [1.165, 1.54) is 10.9 Å². The van der Waals surface area contributed by atoms with E-state index < -0.39 is 0 Å². The van der Waals surface area contributed by atoms with E-state index in [4.69, 9.17) is 4.98 Å². The summed E-state index contributed by atoms with van der Waals surface area (Å²) in [6.07, 6.45) is 9.54. The van der Waals surface area contributed by atoms with Gasteiger partial charge in [0.2, 0.25) is 0 Å². The van der Waals surface area contributed by atoms with E-state index in [0.29, 0.717) is 17.5 Å². The van der Waals surface area contributed by atoms with Gasteiger partial charge in [-0.1, -0.05) is 25.0 Å². The van der Waals surface area contributed by atoms with Crippen molar-refractivity contribution < 1.29 is 0 Å². The lowest BCUT2D eigenvalue weighted by Crippen LogP contribution is -2.35. The maximum Gasteiger partial charge on any atom is 0.261 e. The van der Waals surface area contributed by atoms with E-state index in [0.717, 1.165) is 56.4 Å². The van der Waals surface area contributed by atoms with Gasteiger partial charge in [0.1, 0.15) is 5.82 Å². The molecule has 7 nitrogen and oxygen atoms in total. The van der Waals surface area contributed by atoms with Crippen LogP contribution in [0.5, 0.6) is 0 Å². The van der Waals surface area contributed by atoms with E-state index in [1.54, 1.807) is 13.2 Å². The SMILES string of the molecule is Cn1cncc(CN2CCCC2c2nc3ccccc3c(=O)n2C2CCCC2)c1=O. The van der Waals surface area contributed by atoms with Crippen LogP contribution in [0.2, 0.25) is 0 Å². The Hall–Kier alpha value is -2.80. The normalized spacial score (nSPS) is 20.4. The molecule has 1 atom stereocenters. The number of rotatable bonds is 4. The number of likely N-dealkylation sites (tertiary alicyclic amines) is 1. The fourth-order valence-corrected chi connectivity index (χ4v) is 5.11. The van der Waals surface area contributed by atoms with Crippen LogP contribution in [0.4, 0.5) is 0 Å². The van der Waals surface area contributed by atoms with Crippen molar-refractivity contribution in [2.45, 2.75) is 57.2 Å². The molecule has 0 radical (unpaired) electrons. The predicted octanol–water partition coefficient (Wildman–Crippen LogP) is 2.94. The molecule has 3 heterocycles. The van der Waals surface area contributed by atoms with Crippen LogP contribution < -0.4 is 11.1 Å². The highest BCUT2D eigenvalue weighted by Crippen LogP contribution is 2.36. The van der Waals surface area contributed by atoms with E-state index in [1.807, 2.05) is 28.8 Å². The average molecular weight is 406 g/mol. The van der Waals surface area contributed by atoms with Crippen molar-refractivity contribution in [3.05, 3.63) is 68.9 Å². The molecule has 0 bridgehead atoms. The number of aryl methyl sites for hydroxylation is 1. The first-order valence-electron chi connectivity index (χ1n) is 10.9. The number of aromatic nitrogens is 4. The highest BCUT2D eigenvalue weighted by atomic mass is 16.1. The zero-order valence-corrected chi connectivity index (χ0v) is 17.3. The molecular formula is C23H27N5O2. The number of benzene rings is 1. The van der Waals surface area contributed by atoms with Gasteiger partial charge in [0.25, 0.3) is 11.1 Å². The molecule has 2 aromatic heterocycles. The Bertz CT molecular complexity index is 1190. The van der Waals surface area contributed by atoms with E-state index in [-0.39, 0.29) is 23.2 Å². The van der Waals surface area contributed by atoms with Gasteiger partial charge in [-0.3, -0.25) is 19.1 Å². The standard InChI is InChI=1S/C23H27N5O2/c1-26-15-24-13-16(22(26)29)14-27-12-6-11-20(27)21-25-19-10-5-4-9-18(19)23(30)28(21)17-7-2-3-8-17/h4-5,9-10,13,15,17,20H,2-3,6-8,11-12,14H2,1H3. The van der Waals surface area contributed by atoms with Gasteiger partial charge in [-0.05, 0) is 44.4 Å². The van der Waals surface area contributed by atoms with Gasteiger partial charge in [-0.2, -0.15) is 0 Å². The molecule has 30 heavy (non-hydrogen) atoms. The van der Waals surface area contributed by atoms with Gasteiger partial charge >= 0.3 is 0 Å². The summed E-state index contributed by atoms with van der Waals surface area (Å²) in [6, 6.07) is 7.90. The first-order chi connectivity index (χ1) is 14.6. The Morgan fingerprint density at radius 2 is 1.83 bits per heavy atom. The van der Waals surface area contributed by atoms with Gasteiger partial charge in [-0.15, -0.1) is 0 Å². The Morgan fingerprint density at radius 3 is 2.67 bits per heavy atom. The van der Waals surface area contributed by atoms with Crippen molar-refractivity contribution >= 4 is 10.9 Å². The van der Waals surface area contributed by atoms with Gasteiger partial charge < -0.3 is 4.57 Å². The minimum atomic E-state index is -0.0182. The summed E-state index contributed by atoms with van der Waals surface area (Å²) < 4.78 is 3.50. The van der Waals surface area contributed by atoms with Crippen LogP contribution >= 0.6 is 0 Å². The molecule has 0 amide bonds. The first-order valence-corrected chi connectivity index (χ1v) is 10.9. The zero-order chi connectivity index (χ0) is 20.7. The Balaban J connectivity index is 1.60.